The number of ether oxygens (including phenoxy) is 1. The van der Waals surface area contributed by atoms with Gasteiger partial charge in [0, 0.05) is 50.0 Å². The number of guanidine groups is 1. The molecule has 1 aliphatic heterocycles. The van der Waals surface area contributed by atoms with E-state index in [1.807, 2.05) is 29.9 Å². The van der Waals surface area contributed by atoms with Crippen LogP contribution in [0.1, 0.15) is 49.1 Å². The highest BCUT2D eigenvalue weighted by atomic mass is 127. The third-order valence-electron chi connectivity index (χ3n) is 7.15. The summed E-state index contributed by atoms with van der Waals surface area (Å²) in [7, 11) is 1.85. The molecule has 2 aliphatic rings. The molecule has 2 fully saturated rings. The monoisotopic (exact) mass is 566 g/mol. The zero-order chi connectivity index (χ0) is 22.4. The van der Waals surface area contributed by atoms with Crippen LogP contribution in [-0.2, 0) is 11.3 Å². The van der Waals surface area contributed by atoms with Crippen LogP contribution in [0.3, 0.4) is 0 Å². The van der Waals surface area contributed by atoms with E-state index in [-0.39, 0.29) is 29.5 Å². The highest BCUT2D eigenvalue weighted by Crippen LogP contribution is 2.33. The fourth-order valence-corrected chi connectivity index (χ4v) is 5.24. The second-order valence-electron chi connectivity index (χ2n) is 9.06. The molecular weight excluding hydrogens is 527 g/mol. The highest BCUT2D eigenvalue weighted by Gasteiger charge is 2.38. The van der Waals surface area contributed by atoms with Crippen molar-refractivity contribution in [3.63, 3.8) is 0 Å². The van der Waals surface area contributed by atoms with E-state index in [0.717, 1.165) is 55.9 Å². The molecule has 1 aromatic carbocycles. The van der Waals surface area contributed by atoms with Crippen molar-refractivity contribution in [3.8, 4) is 5.69 Å². The van der Waals surface area contributed by atoms with Gasteiger partial charge >= 0.3 is 0 Å². The number of hydrogen-bond donors (Lipinski definition) is 2. The van der Waals surface area contributed by atoms with Gasteiger partial charge in [0.2, 0.25) is 0 Å². The van der Waals surface area contributed by atoms with E-state index < -0.39 is 0 Å². The van der Waals surface area contributed by atoms with Gasteiger partial charge in [-0.2, -0.15) is 5.10 Å². The molecular formula is C25H39IN6O. The van der Waals surface area contributed by atoms with Gasteiger partial charge in [0.1, 0.15) is 0 Å². The number of morpholine rings is 1. The van der Waals surface area contributed by atoms with Crippen LogP contribution in [0.15, 0.2) is 35.3 Å². The van der Waals surface area contributed by atoms with Gasteiger partial charge in [0.05, 0.1) is 24.6 Å². The van der Waals surface area contributed by atoms with Crippen molar-refractivity contribution in [1.29, 1.82) is 0 Å². The lowest BCUT2D eigenvalue weighted by atomic mass is 9.80. The summed E-state index contributed by atoms with van der Waals surface area (Å²) in [6.07, 6.45) is 6.46. The molecule has 0 unspecified atom stereocenters. The Balaban J connectivity index is 0.00000306. The maximum absolute atomic E-state index is 5.62. The van der Waals surface area contributed by atoms with Crippen molar-refractivity contribution >= 4 is 29.9 Å². The van der Waals surface area contributed by atoms with Gasteiger partial charge in [0.15, 0.2) is 5.96 Å². The number of aryl methyl sites for hydroxylation is 1. The number of nitrogens with one attached hydrogen (secondary N) is 2. The van der Waals surface area contributed by atoms with Crippen molar-refractivity contribution < 1.29 is 4.74 Å². The van der Waals surface area contributed by atoms with E-state index >= 15 is 0 Å². The van der Waals surface area contributed by atoms with Gasteiger partial charge in [-0.1, -0.05) is 37.5 Å². The largest absolute Gasteiger partial charge is 0.379 e. The Hall–Kier alpha value is -1.65. The van der Waals surface area contributed by atoms with Gasteiger partial charge in [0.25, 0.3) is 0 Å². The van der Waals surface area contributed by atoms with Crippen molar-refractivity contribution in [2.45, 2.75) is 58.0 Å². The van der Waals surface area contributed by atoms with Crippen molar-refractivity contribution in [2.24, 2.45) is 4.99 Å². The van der Waals surface area contributed by atoms with Crippen LogP contribution in [0.2, 0.25) is 0 Å². The molecule has 0 spiro atoms. The standard InChI is InChI=1S/C25H38N6O.HI/c1-20-23(21(2)31(29-20)22-10-6-4-7-11-22)18-27-24(26-3)28-19-25(12-8-5-9-13-25)30-14-16-32-17-15-30;/h4,6-7,10-11H,5,8-9,12-19H2,1-3H3,(H2,26,27,28);1H. The predicted molar refractivity (Wildman–Crippen MR) is 145 cm³/mol. The van der Waals surface area contributed by atoms with Crippen molar-refractivity contribution in [1.82, 2.24) is 25.3 Å². The second-order valence-corrected chi connectivity index (χ2v) is 9.06. The lowest BCUT2D eigenvalue weighted by Gasteiger charge is -2.48. The number of nitrogens with zero attached hydrogens (tertiary/aromatic N) is 4. The van der Waals surface area contributed by atoms with E-state index in [1.54, 1.807) is 0 Å². The van der Waals surface area contributed by atoms with Crippen LogP contribution in [0.25, 0.3) is 5.69 Å². The van der Waals surface area contributed by atoms with E-state index in [2.05, 4.69) is 46.5 Å². The number of aliphatic imine (C=N–C) groups is 1. The first-order valence-electron chi connectivity index (χ1n) is 12.0. The van der Waals surface area contributed by atoms with E-state index in [9.17, 15) is 0 Å². The molecule has 1 aromatic heterocycles. The van der Waals surface area contributed by atoms with Crippen LogP contribution in [0, 0.1) is 13.8 Å². The molecule has 2 N–H and O–H groups in total. The summed E-state index contributed by atoms with van der Waals surface area (Å²) in [4.78, 5) is 7.17. The van der Waals surface area contributed by atoms with Gasteiger partial charge < -0.3 is 15.4 Å². The van der Waals surface area contributed by atoms with Crippen LogP contribution in [-0.4, -0.2) is 66.1 Å². The van der Waals surface area contributed by atoms with Crippen LogP contribution in [0.4, 0.5) is 0 Å². The molecule has 8 heteroatoms. The number of benzene rings is 1. The summed E-state index contributed by atoms with van der Waals surface area (Å²) in [6.45, 7) is 9.60. The number of hydrogen-bond acceptors (Lipinski definition) is 4. The van der Waals surface area contributed by atoms with Gasteiger partial charge in [-0.15, -0.1) is 24.0 Å². The Labute approximate surface area is 215 Å². The maximum Gasteiger partial charge on any atom is 0.191 e. The Morgan fingerprint density at radius 2 is 1.76 bits per heavy atom. The summed E-state index contributed by atoms with van der Waals surface area (Å²) < 4.78 is 7.65. The quantitative estimate of drug-likeness (QED) is 0.317. The molecule has 0 atom stereocenters. The van der Waals surface area contributed by atoms with Crippen LogP contribution < -0.4 is 10.6 Å². The fourth-order valence-electron chi connectivity index (χ4n) is 5.24. The SMILES string of the molecule is CN=C(NCc1c(C)nn(-c2ccccc2)c1C)NCC1(N2CCOCC2)CCCCC1.I. The Kier molecular flexibility index (Phi) is 9.57. The van der Waals surface area contributed by atoms with E-state index in [1.165, 1.54) is 37.7 Å². The molecule has 1 saturated carbocycles. The number of aromatic nitrogens is 2. The highest BCUT2D eigenvalue weighted by molar-refractivity contribution is 14.0. The minimum atomic E-state index is 0. The van der Waals surface area contributed by atoms with Gasteiger partial charge in [-0.3, -0.25) is 9.89 Å². The topological polar surface area (TPSA) is 66.7 Å². The Bertz CT molecular complexity index is 901. The summed E-state index contributed by atoms with van der Waals surface area (Å²) in [5.41, 5.74) is 4.73. The average molecular weight is 567 g/mol. The third-order valence-corrected chi connectivity index (χ3v) is 7.15. The summed E-state index contributed by atoms with van der Waals surface area (Å²) in [5, 5.41) is 12.0. The summed E-state index contributed by atoms with van der Waals surface area (Å²) >= 11 is 0. The van der Waals surface area contributed by atoms with Gasteiger partial charge in [-0.25, -0.2) is 4.68 Å². The first-order chi connectivity index (χ1) is 15.6. The van der Waals surface area contributed by atoms with E-state index in [0.29, 0.717) is 6.54 Å². The average Bonchev–Trinajstić information content (AvgIpc) is 3.14. The molecule has 0 radical (unpaired) electrons. The second kappa shape index (κ2) is 12.2. The van der Waals surface area contributed by atoms with Crippen molar-refractivity contribution in [2.75, 3.05) is 39.9 Å². The number of para-hydroxylation sites is 1. The zero-order valence-corrected chi connectivity index (χ0v) is 22.6. The predicted octanol–water partition coefficient (Wildman–Crippen LogP) is 3.81. The minimum absolute atomic E-state index is 0. The van der Waals surface area contributed by atoms with Gasteiger partial charge in [-0.05, 0) is 38.8 Å². The lowest BCUT2D eigenvalue weighted by Crippen LogP contribution is -2.60. The minimum Gasteiger partial charge on any atom is -0.379 e. The Morgan fingerprint density at radius 3 is 2.42 bits per heavy atom. The zero-order valence-electron chi connectivity index (χ0n) is 20.3. The summed E-state index contributed by atoms with van der Waals surface area (Å²) in [5.74, 6) is 0.856. The molecule has 2 aromatic rings. The van der Waals surface area contributed by atoms with Crippen LogP contribution >= 0.6 is 24.0 Å². The molecule has 33 heavy (non-hydrogen) atoms. The number of rotatable bonds is 6. The summed E-state index contributed by atoms with van der Waals surface area (Å²) in [6, 6.07) is 10.3. The maximum atomic E-state index is 5.62. The fraction of sp³-hybridized carbons (Fsp3) is 0.600. The molecule has 0 bridgehead atoms. The Morgan fingerprint density at radius 1 is 1.06 bits per heavy atom. The molecule has 2 heterocycles. The molecule has 7 nitrogen and oxygen atoms in total. The van der Waals surface area contributed by atoms with Crippen LogP contribution in [0.5, 0.6) is 0 Å². The first kappa shape index (κ1) is 26.0. The first-order valence-corrected chi connectivity index (χ1v) is 12.0. The van der Waals surface area contributed by atoms with E-state index in [4.69, 9.17) is 9.84 Å². The molecule has 4 rings (SSSR count). The normalized spacial score (nSPS) is 19.1. The third kappa shape index (κ3) is 6.08. The molecule has 182 valence electrons. The number of halogens is 1. The lowest BCUT2D eigenvalue weighted by molar-refractivity contribution is -0.0352. The molecule has 1 saturated heterocycles. The van der Waals surface area contributed by atoms with Crippen molar-refractivity contribution in [3.05, 3.63) is 47.3 Å². The molecule has 1 aliphatic carbocycles. The smallest absolute Gasteiger partial charge is 0.191 e. The molecule has 0 amide bonds.